The maximum Gasteiger partial charge on any atom is 0.230 e. The summed E-state index contributed by atoms with van der Waals surface area (Å²) in [6, 6.07) is 13.8. The van der Waals surface area contributed by atoms with Gasteiger partial charge in [0, 0.05) is 10.6 Å². The van der Waals surface area contributed by atoms with E-state index in [4.69, 9.17) is 21.9 Å². The van der Waals surface area contributed by atoms with E-state index in [-0.39, 0.29) is 0 Å². The highest BCUT2D eigenvalue weighted by Gasteiger charge is 2.19. The molecule has 106 valence electrons. The van der Waals surface area contributed by atoms with Gasteiger partial charge in [0.25, 0.3) is 0 Å². The number of nitrogens with two attached hydrogens (primary N) is 1. The predicted molar refractivity (Wildman–Crippen MR) is 86.3 cm³/mol. The fraction of sp³-hybridized carbons (Fsp3) is 0.118. The van der Waals surface area contributed by atoms with Crippen molar-refractivity contribution in [2.75, 3.05) is 5.73 Å². The Morgan fingerprint density at radius 1 is 1.05 bits per heavy atom. The van der Waals surface area contributed by atoms with Crippen LogP contribution in [-0.2, 0) is 0 Å². The van der Waals surface area contributed by atoms with Gasteiger partial charge in [0.1, 0.15) is 5.69 Å². The molecule has 0 saturated heterocycles. The first-order valence-corrected chi connectivity index (χ1v) is 7.03. The van der Waals surface area contributed by atoms with Crippen molar-refractivity contribution in [1.29, 1.82) is 0 Å². The van der Waals surface area contributed by atoms with E-state index in [0.717, 1.165) is 27.9 Å². The van der Waals surface area contributed by atoms with Crippen LogP contribution in [0.25, 0.3) is 22.4 Å². The number of aryl methyl sites for hydroxylation is 1. The van der Waals surface area contributed by atoms with Crippen LogP contribution in [0.1, 0.15) is 11.1 Å². The van der Waals surface area contributed by atoms with Gasteiger partial charge < -0.3 is 10.3 Å². The third-order valence-electron chi connectivity index (χ3n) is 3.58. The second-order valence-corrected chi connectivity index (χ2v) is 5.46. The second-order valence-electron chi connectivity index (χ2n) is 5.05. The number of benzene rings is 2. The first-order valence-electron chi connectivity index (χ1n) is 6.65. The highest BCUT2D eigenvalue weighted by atomic mass is 35.5. The zero-order valence-electron chi connectivity index (χ0n) is 11.9. The molecule has 0 radical (unpaired) electrons. The maximum atomic E-state index is 6.20. The molecule has 4 heteroatoms. The normalized spacial score (nSPS) is 10.8. The van der Waals surface area contributed by atoms with Gasteiger partial charge in [-0.1, -0.05) is 58.7 Å². The SMILES string of the molecule is Cc1ccc(-c2c(-c3cccc(Cl)c3C)noc2N)cc1. The number of anilines is 1. The van der Waals surface area contributed by atoms with E-state index < -0.39 is 0 Å². The van der Waals surface area contributed by atoms with Crippen LogP contribution in [0.4, 0.5) is 5.88 Å². The molecule has 0 saturated carbocycles. The zero-order valence-corrected chi connectivity index (χ0v) is 12.6. The number of nitrogens with zero attached hydrogens (tertiary/aromatic N) is 1. The first-order chi connectivity index (χ1) is 10.1. The molecule has 2 N–H and O–H groups in total. The number of hydrogen-bond acceptors (Lipinski definition) is 3. The third kappa shape index (κ3) is 2.41. The van der Waals surface area contributed by atoms with Gasteiger partial charge in [0.05, 0.1) is 5.56 Å². The van der Waals surface area contributed by atoms with Gasteiger partial charge in [-0.25, -0.2) is 0 Å². The van der Waals surface area contributed by atoms with Gasteiger partial charge in [-0.3, -0.25) is 0 Å². The Labute approximate surface area is 128 Å². The molecule has 0 spiro atoms. The fourth-order valence-corrected chi connectivity index (χ4v) is 2.52. The fourth-order valence-electron chi connectivity index (χ4n) is 2.35. The lowest BCUT2D eigenvalue weighted by Crippen LogP contribution is -1.90. The number of rotatable bonds is 2. The average molecular weight is 299 g/mol. The Balaban J connectivity index is 2.22. The van der Waals surface area contributed by atoms with Gasteiger partial charge >= 0.3 is 0 Å². The predicted octanol–water partition coefficient (Wildman–Crippen LogP) is 4.86. The van der Waals surface area contributed by atoms with Gasteiger partial charge in [-0.2, -0.15) is 0 Å². The van der Waals surface area contributed by atoms with Crippen LogP contribution in [0, 0.1) is 13.8 Å². The van der Waals surface area contributed by atoms with Gasteiger partial charge in [0.2, 0.25) is 5.88 Å². The summed E-state index contributed by atoms with van der Waals surface area (Å²) in [5.41, 5.74) is 11.6. The molecule has 0 unspecified atom stereocenters. The molecule has 0 aliphatic carbocycles. The van der Waals surface area contributed by atoms with E-state index in [9.17, 15) is 0 Å². The van der Waals surface area contributed by atoms with Crippen molar-refractivity contribution in [2.24, 2.45) is 0 Å². The molecule has 0 fully saturated rings. The van der Waals surface area contributed by atoms with E-state index in [1.165, 1.54) is 5.56 Å². The topological polar surface area (TPSA) is 52.0 Å². The number of hydrogen-bond donors (Lipinski definition) is 1. The van der Waals surface area contributed by atoms with Crippen molar-refractivity contribution >= 4 is 17.5 Å². The summed E-state index contributed by atoms with van der Waals surface area (Å²) in [5, 5.41) is 4.83. The summed E-state index contributed by atoms with van der Waals surface area (Å²) < 4.78 is 5.21. The molecule has 3 rings (SSSR count). The van der Waals surface area contributed by atoms with E-state index in [0.29, 0.717) is 10.9 Å². The number of nitrogen functional groups attached to an aromatic ring is 1. The highest BCUT2D eigenvalue weighted by molar-refractivity contribution is 6.31. The molecule has 0 aliphatic heterocycles. The largest absolute Gasteiger partial charge is 0.367 e. The van der Waals surface area contributed by atoms with Crippen molar-refractivity contribution in [3.05, 3.63) is 58.6 Å². The van der Waals surface area contributed by atoms with Gasteiger partial charge in [0.15, 0.2) is 0 Å². The molecule has 0 atom stereocenters. The molecule has 0 amide bonds. The average Bonchev–Trinajstić information content (AvgIpc) is 2.85. The Kier molecular flexibility index (Phi) is 3.43. The molecule has 0 bridgehead atoms. The number of halogens is 1. The quantitative estimate of drug-likeness (QED) is 0.735. The van der Waals surface area contributed by atoms with Crippen LogP contribution >= 0.6 is 11.6 Å². The molecule has 1 aromatic heterocycles. The van der Waals surface area contributed by atoms with Crippen LogP contribution < -0.4 is 5.73 Å². The van der Waals surface area contributed by atoms with Gasteiger partial charge in [-0.05, 0) is 31.0 Å². The molecule has 0 aliphatic rings. The summed E-state index contributed by atoms with van der Waals surface area (Å²) in [7, 11) is 0. The van der Waals surface area contributed by atoms with Crippen LogP contribution in [0.5, 0.6) is 0 Å². The first kappa shape index (κ1) is 13.7. The van der Waals surface area contributed by atoms with Crippen molar-refractivity contribution in [1.82, 2.24) is 5.16 Å². The minimum atomic E-state index is 0.313. The minimum Gasteiger partial charge on any atom is -0.367 e. The standard InChI is InChI=1S/C17H15ClN2O/c1-10-6-8-12(9-7-10)15-16(20-21-17(15)19)13-4-3-5-14(18)11(13)2/h3-9H,19H2,1-2H3. The van der Waals surface area contributed by atoms with Crippen LogP contribution in [0.2, 0.25) is 5.02 Å². The third-order valence-corrected chi connectivity index (χ3v) is 3.99. The molecule has 21 heavy (non-hydrogen) atoms. The molecule has 1 heterocycles. The van der Waals surface area contributed by atoms with Crippen molar-refractivity contribution in [2.45, 2.75) is 13.8 Å². The summed E-state index contributed by atoms with van der Waals surface area (Å²) in [4.78, 5) is 0. The second kappa shape index (κ2) is 5.26. The van der Waals surface area contributed by atoms with Crippen LogP contribution in [0.3, 0.4) is 0 Å². The Morgan fingerprint density at radius 3 is 2.48 bits per heavy atom. The van der Waals surface area contributed by atoms with E-state index in [1.54, 1.807) is 0 Å². The van der Waals surface area contributed by atoms with E-state index >= 15 is 0 Å². The summed E-state index contributed by atoms with van der Waals surface area (Å²) in [6.45, 7) is 4.00. The Hall–Kier alpha value is -2.26. The molecule has 2 aromatic carbocycles. The lowest BCUT2D eigenvalue weighted by molar-refractivity contribution is 0.439. The summed E-state index contributed by atoms with van der Waals surface area (Å²) in [5.74, 6) is 0.313. The number of aromatic nitrogens is 1. The maximum absolute atomic E-state index is 6.20. The molecule has 3 aromatic rings. The Bertz CT molecular complexity index is 791. The molecular formula is C17H15ClN2O. The highest BCUT2D eigenvalue weighted by Crippen LogP contribution is 2.38. The van der Waals surface area contributed by atoms with Crippen molar-refractivity contribution in [3.63, 3.8) is 0 Å². The molecule has 3 nitrogen and oxygen atoms in total. The van der Waals surface area contributed by atoms with E-state index in [2.05, 4.69) is 5.16 Å². The molecular weight excluding hydrogens is 284 g/mol. The summed E-state index contributed by atoms with van der Waals surface area (Å²) >= 11 is 6.20. The monoisotopic (exact) mass is 298 g/mol. The van der Waals surface area contributed by atoms with Gasteiger partial charge in [-0.15, -0.1) is 0 Å². The minimum absolute atomic E-state index is 0.313. The zero-order chi connectivity index (χ0) is 15.0. The Morgan fingerprint density at radius 2 is 1.76 bits per heavy atom. The van der Waals surface area contributed by atoms with Crippen molar-refractivity contribution in [3.8, 4) is 22.4 Å². The lowest BCUT2D eigenvalue weighted by atomic mass is 9.97. The van der Waals surface area contributed by atoms with E-state index in [1.807, 2.05) is 56.3 Å². The lowest BCUT2D eigenvalue weighted by Gasteiger charge is -2.07. The van der Waals surface area contributed by atoms with Crippen LogP contribution in [0.15, 0.2) is 47.0 Å². The van der Waals surface area contributed by atoms with Crippen LogP contribution in [-0.4, -0.2) is 5.16 Å². The smallest absolute Gasteiger partial charge is 0.230 e. The summed E-state index contributed by atoms with van der Waals surface area (Å²) in [6.07, 6.45) is 0. The van der Waals surface area contributed by atoms with Crippen molar-refractivity contribution < 1.29 is 4.52 Å².